The molecule has 0 radical (unpaired) electrons. The average Bonchev–Trinajstić information content (AvgIpc) is 2.70. The average molecular weight is 462 g/mol. The lowest BCUT2D eigenvalue weighted by Gasteiger charge is -2.33. The first-order valence-corrected chi connectivity index (χ1v) is 10.1. The number of halogens is 5. The number of alkyl halides is 3. The van der Waals surface area contributed by atoms with Gasteiger partial charge in [0.15, 0.2) is 0 Å². The van der Waals surface area contributed by atoms with Crippen LogP contribution in [0.4, 0.5) is 13.2 Å². The summed E-state index contributed by atoms with van der Waals surface area (Å²) in [5.41, 5.74) is 5.45. The Balaban J connectivity index is 1.67. The molecule has 1 aliphatic heterocycles. The Kier molecular flexibility index (Phi) is 7.10. The maximum Gasteiger partial charge on any atom is 0.433 e. The Morgan fingerprint density at radius 3 is 2.63 bits per heavy atom. The zero-order chi connectivity index (χ0) is 21.9. The molecule has 1 amide bonds. The molecule has 1 aliphatic rings. The lowest BCUT2D eigenvalue weighted by Crippen LogP contribution is -2.45. The summed E-state index contributed by atoms with van der Waals surface area (Å²) in [5, 5.41) is 0.776. The van der Waals surface area contributed by atoms with Crippen molar-refractivity contribution >= 4 is 29.1 Å². The summed E-state index contributed by atoms with van der Waals surface area (Å²) >= 11 is 11.9. The molecule has 1 aromatic heterocycles. The number of carbonyl (C=O) groups excluding carboxylic acids is 1. The largest absolute Gasteiger partial charge is 0.472 e. The fourth-order valence-corrected chi connectivity index (χ4v) is 3.57. The van der Waals surface area contributed by atoms with E-state index in [0.29, 0.717) is 29.4 Å². The van der Waals surface area contributed by atoms with E-state index in [9.17, 15) is 18.0 Å². The van der Waals surface area contributed by atoms with E-state index in [4.69, 9.17) is 33.7 Å². The third-order valence-electron chi connectivity index (χ3n) is 4.75. The van der Waals surface area contributed by atoms with Gasteiger partial charge in [0, 0.05) is 19.2 Å². The van der Waals surface area contributed by atoms with Gasteiger partial charge in [0.1, 0.15) is 11.8 Å². The molecular weight excluding hydrogens is 442 g/mol. The molecule has 0 aliphatic carbocycles. The van der Waals surface area contributed by atoms with E-state index >= 15 is 0 Å². The number of hydrogen-bond donors (Lipinski definition) is 1. The molecule has 1 atom stereocenters. The van der Waals surface area contributed by atoms with Crippen molar-refractivity contribution in [1.82, 2.24) is 9.88 Å². The predicted octanol–water partition coefficient (Wildman–Crippen LogP) is 4.48. The highest BCUT2D eigenvalue weighted by molar-refractivity contribution is 6.42. The second-order valence-corrected chi connectivity index (χ2v) is 7.86. The SMILES string of the molecule is NCc1cc(O[C@H]2CCCN(C(=O)Cc3ccc(Cl)c(Cl)c3)C2)nc(C(F)(F)F)c1. The van der Waals surface area contributed by atoms with Gasteiger partial charge in [-0.3, -0.25) is 4.79 Å². The van der Waals surface area contributed by atoms with Gasteiger partial charge in [0.25, 0.3) is 0 Å². The summed E-state index contributed by atoms with van der Waals surface area (Å²) in [7, 11) is 0. The van der Waals surface area contributed by atoms with Crippen molar-refractivity contribution in [3.63, 3.8) is 0 Å². The highest BCUT2D eigenvalue weighted by Gasteiger charge is 2.34. The van der Waals surface area contributed by atoms with Gasteiger partial charge in [0.05, 0.1) is 23.0 Å². The molecule has 1 saturated heterocycles. The number of benzene rings is 1. The Hall–Kier alpha value is -2.03. The molecule has 1 aromatic carbocycles. The molecule has 1 fully saturated rings. The number of piperidine rings is 1. The van der Waals surface area contributed by atoms with E-state index in [2.05, 4.69) is 4.98 Å². The molecule has 162 valence electrons. The van der Waals surface area contributed by atoms with Crippen LogP contribution in [0.1, 0.15) is 29.7 Å². The van der Waals surface area contributed by atoms with Crippen LogP contribution in [0.25, 0.3) is 0 Å². The smallest absolute Gasteiger partial charge is 0.433 e. The fourth-order valence-electron chi connectivity index (χ4n) is 3.25. The number of pyridine rings is 1. The monoisotopic (exact) mass is 461 g/mol. The Morgan fingerprint density at radius 2 is 1.97 bits per heavy atom. The number of nitrogens with zero attached hydrogens (tertiary/aromatic N) is 2. The Bertz CT molecular complexity index is 925. The molecule has 0 saturated carbocycles. The maximum absolute atomic E-state index is 13.1. The molecule has 3 rings (SSSR count). The lowest BCUT2D eigenvalue weighted by molar-refractivity contribution is -0.141. The highest BCUT2D eigenvalue weighted by Crippen LogP contribution is 2.30. The minimum Gasteiger partial charge on any atom is -0.472 e. The molecule has 0 unspecified atom stereocenters. The van der Waals surface area contributed by atoms with Crippen molar-refractivity contribution in [2.45, 2.75) is 38.1 Å². The van der Waals surface area contributed by atoms with Gasteiger partial charge in [-0.05, 0) is 42.2 Å². The number of hydrogen-bond acceptors (Lipinski definition) is 4. The van der Waals surface area contributed by atoms with E-state index in [-0.39, 0.29) is 36.9 Å². The molecule has 10 heteroatoms. The van der Waals surface area contributed by atoms with Crippen molar-refractivity contribution in [2.75, 3.05) is 13.1 Å². The van der Waals surface area contributed by atoms with Crippen molar-refractivity contribution in [3.8, 4) is 5.88 Å². The molecule has 5 nitrogen and oxygen atoms in total. The van der Waals surface area contributed by atoms with Crippen LogP contribution < -0.4 is 10.5 Å². The van der Waals surface area contributed by atoms with Crippen LogP contribution in [-0.4, -0.2) is 35.0 Å². The fraction of sp³-hybridized carbons (Fsp3) is 0.400. The van der Waals surface area contributed by atoms with E-state index in [0.717, 1.165) is 11.6 Å². The zero-order valence-corrected chi connectivity index (χ0v) is 17.4. The van der Waals surface area contributed by atoms with Crippen LogP contribution in [-0.2, 0) is 23.9 Å². The van der Waals surface area contributed by atoms with Gasteiger partial charge in [0.2, 0.25) is 11.8 Å². The molecule has 0 bridgehead atoms. The van der Waals surface area contributed by atoms with E-state index in [1.54, 1.807) is 23.1 Å². The summed E-state index contributed by atoms with van der Waals surface area (Å²) in [6.45, 7) is 0.737. The zero-order valence-electron chi connectivity index (χ0n) is 15.9. The minimum absolute atomic E-state index is 0.0686. The first kappa shape index (κ1) is 22.7. The number of rotatable bonds is 5. The van der Waals surface area contributed by atoms with Crippen LogP contribution in [0, 0.1) is 0 Å². The lowest BCUT2D eigenvalue weighted by atomic mass is 10.1. The number of aromatic nitrogens is 1. The first-order chi connectivity index (χ1) is 14.2. The summed E-state index contributed by atoms with van der Waals surface area (Å²) in [6, 6.07) is 7.29. The Morgan fingerprint density at radius 1 is 1.20 bits per heavy atom. The number of likely N-dealkylation sites (tertiary alicyclic amines) is 1. The van der Waals surface area contributed by atoms with Gasteiger partial charge in [-0.1, -0.05) is 29.3 Å². The topological polar surface area (TPSA) is 68.5 Å². The van der Waals surface area contributed by atoms with Crippen molar-refractivity contribution < 1.29 is 22.7 Å². The van der Waals surface area contributed by atoms with Crippen LogP contribution in [0.2, 0.25) is 10.0 Å². The van der Waals surface area contributed by atoms with Crippen LogP contribution in [0.15, 0.2) is 30.3 Å². The van der Waals surface area contributed by atoms with Crippen LogP contribution in [0.5, 0.6) is 5.88 Å². The predicted molar refractivity (Wildman–Crippen MR) is 108 cm³/mol. The summed E-state index contributed by atoms with van der Waals surface area (Å²) in [4.78, 5) is 17.9. The van der Waals surface area contributed by atoms with Crippen molar-refractivity contribution in [1.29, 1.82) is 0 Å². The van der Waals surface area contributed by atoms with E-state index in [1.807, 2.05) is 0 Å². The molecule has 0 spiro atoms. The normalized spacial score (nSPS) is 17.1. The van der Waals surface area contributed by atoms with Gasteiger partial charge >= 0.3 is 6.18 Å². The van der Waals surface area contributed by atoms with Crippen LogP contribution in [0.3, 0.4) is 0 Å². The highest BCUT2D eigenvalue weighted by atomic mass is 35.5. The van der Waals surface area contributed by atoms with E-state index in [1.165, 1.54) is 6.07 Å². The van der Waals surface area contributed by atoms with Gasteiger partial charge in [-0.15, -0.1) is 0 Å². The Labute approximate surface area is 181 Å². The first-order valence-electron chi connectivity index (χ1n) is 9.32. The summed E-state index contributed by atoms with van der Waals surface area (Å²) < 4.78 is 44.9. The van der Waals surface area contributed by atoms with Crippen molar-refractivity contribution in [2.24, 2.45) is 5.73 Å². The second-order valence-electron chi connectivity index (χ2n) is 7.05. The number of nitrogens with two attached hydrogens (primary N) is 1. The number of ether oxygens (including phenoxy) is 1. The molecule has 30 heavy (non-hydrogen) atoms. The molecule has 2 heterocycles. The molecule has 2 aromatic rings. The van der Waals surface area contributed by atoms with E-state index < -0.39 is 18.0 Å². The quantitative estimate of drug-likeness (QED) is 0.712. The second kappa shape index (κ2) is 9.41. The van der Waals surface area contributed by atoms with Gasteiger partial charge in [-0.2, -0.15) is 13.2 Å². The third kappa shape index (κ3) is 5.77. The van der Waals surface area contributed by atoms with Gasteiger partial charge < -0.3 is 15.4 Å². The number of carbonyl (C=O) groups is 1. The number of amides is 1. The van der Waals surface area contributed by atoms with Crippen molar-refractivity contribution in [3.05, 3.63) is 57.2 Å². The van der Waals surface area contributed by atoms with Crippen LogP contribution >= 0.6 is 23.2 Å². The maximum atomic E-state index is 13.1. The summed E-state index contributed by atoms with van der Waals surface area (Å²) in [5.74, 6) is -0.268. The third-order valence-corrected chi connectivity index (χ3v) is 5.48. The molecule has 2 N–H and O–H groups in total. The summed E-state index contributed by atoms with van der Waals surface area (Å²) in [6.07, 6.45) is -3.65. The molecular formula is C20H20Cl2F3N3O2. The van der Waals surface area contributed by atoms with Gasteiger partial charge in [-0.25, -0.2) is 4.98 Å². The standard InChI is InChI=1S/C20H20Cl2F3N3O2/c21-15-4-3-12(6-16(15)22)9-19(29)28-5-1-2-14(11-28)30-18-8-13(10-26)7-17(27-18)20(23,24)25/h3-4,6-8,14H,1-2,5,9-11,26H2/t14-/m0/s1. The minimum atomic E-state index is -4.60.